The van der Waals surface area contributed by atoms with E-state index in [1.165, 1.54) is 0 Å². The highest BCUT2D eigenvalue weighted by molar-refractivity contribution is 7.92. The largest absolute Gasteiger partial charge is 0.514 e. The molecule has 9 heteroatoms. The topological polar surface area (TPSA) is 90.7 Å². The maximum absolute atomic E-state index is 14.0. The van der Waals surface area contributed by atoms with E-state index in [1.807, 2.05) is 79.7 Å². The van der Waals surface area contributed by atoms with Crippen LogP contribution in [0.3, 0.4) is 0 Å². The predicted molar refractivity (Wildman–Crippen MR) is 207 cm³/mol. The molecule has 51 heavy (non-hydrogen) atoms. The van der Waals surface area contributed by atoms with Gasteiger partial charge in [-0.05, 0) is 81.0 Å². The van der Waals surface area contributed by atoms with E-state index >= 15 is 0 Å². The van der Waals surface area contributed by atoms with Gasteiger partial charge in [0.2, 0.25) is 10.0 Å². The monoisotopic (exact) mass is 709 g/mol. The summed E-state index contributed by atoms with van der Waals surface area (Å²) in [7, 11) is -3.66. The average molecular weight is 710 g/mol. The van der Waals surface area contributed by atoms with Gasteiger partial charge in [0.25, 0.3) is 0 Å². The third-order valence-corrected chi connectivity index (χ3v) is 10.5. The molecule has 0 fully saturated rings. The molecule has 0 bridgehead atoms. The van der Waals surface area contributed by atoms with E-state index in [0.717, 1.165) is 83.2 Å². The quantitative estimate of drug-likeness (QED) is 0.0611. The van der Waals surface area contributed by atoms with E-state index < -0.39 is 21.8 Å². The summed E-state index contributed by atoms with van der Waals surface area (Å²) in [6, 6.07) is 29.0. The number of nitrogens with zero attached hydrogens (tertiary/aromatic N) is 3. The number of anilines is 1. The number of carbonyl (C=O) groups excluding carboxylic acids is 1. The number of hydrogen-bond donors (Lipinski definition) is 0. The van der Waals surface area contributed by atoms with Crippen LogP contribution in [0.5, 0.6) is 5.75 Å². The van der Waals surface area contributed by atoms with Crippen LogP contribution in [0.4, 0.5) is 10.5 Å². The molecular weight excluding hydrogens is 659 g/mol. The molecule has 0 amide bonds. The fraction of sp³-hybridized carbons (Fsp3) is 0.381. The van der Waals surface area contributed by atoms with Crippen LogP contribution in [0.2, 0.25) is 0 Å². The van der Waals surface area contributed by atoms with Gasteiger partial charge in [0.15, 0.2) is 0 Å². The fourth-order valence-corrected chi connectivity index (χ4v) is 7.80. The lowest BCUT2D eigenvalue weighted by Crippen LogP contribution is -2.33. The SMILES string of the molecule is CCCCCN(c1cc(C)c2nc(CCCC)n(Cc3ccc(-c4ccccc4OC(=O)OC(C)(C)C)cc3)c2c1)S(=O)(=O)Cc1ccccc1. The van der Waals surface area contributed by atoms with Crippen molar-refractivity contribution in [1.29, 1.82) is 0 Å². The van der Waals surface area contributed by atoms with Crippen molar-refractivity contribution >= 4 is 32.9 Å². The Morgan fingerprint density at radius 3 is 2.22 bits per heavy atom. The number of fused-ring (bicyclic) bond motifs is 1. The lowest BCUT2D eigenvalue weighted by Gasteiger charge is -2.25. The number of rotatable bonds is 15. The minimum atomic E-state index is -3.66. The number of para-hydroxylation sites is 1. The number of unbranched alkanes of at least 4 members (excludes halogenated alkanes) is 3. The lowest BCUT2D eigenvalue weighted by molar-refractivity contribution is 0.0207. The van der Waals surface area contributed by atoms with E-state index in [2.05, 4.69) is 30.5 Å². The number of hydrogen-bond acceptors (Lipinski definition) is 6. The molecule has 1 heterocycles. The van der Waals surface area contributed by atoms with E-state index in [4.69, 9.17) is 14.5 Å². The van der Waals surface area contributed by atoms with Crippen molar-refractivity contribution in [1.82, 2.24) is 9.55 Å². The molecule has 5 aromatic rings. The summed E-state index contributed by atoms with van der Waals surface area (Å²) in [6.45, 7) is 12.7. The molecule has 270 valence electrons. The summed E-state index contributed by atoms with van der Waals surface area (Å²) in [6.07, 6.45) is 4.84. The van der Waals surface area contributed by atoms with Crippen molar-refractivity contribution in [2.75, 3.05) is 10.8 Å². The highest BCUT2D eigenvalue weighted by Gasteiger charge is 2.25. The van der Waals surface area contributed by atoms with Gasteiger partial charge in [-0.15, -0.1) is 0 Å². The molecule has 1 aromatic heterocycles. The molecule has 0 aliphatic carbocycles. The van der Waals surface area contributed by atoms with Gasteiger partial charge >= 0.3 is 6.16 Å². The van der Waals surface area contributed by atoms with Crippen LogP contribution in [0, 0.1) is 6.92 Å². The number of aromatic nitrogens is 2. The smallest absolute Gasteiger partial charge is 0.428 e. The van der Waals surface area contributed by atoms with Crippen molar-refractivity contribution in [2.45, 2.75) is 98.0 Å². The zero-order valence-corrected chi connectivity index (χ0v) is 31.6. The number of aryl methyl sites for hydroxylation is 2. The number of carbonyl (C=O) groups is 1. The third-order valence-electron chi connectivity index (χ3n) is 8.72. The second kappa shape index (κ2) is 16.6. The number of sulfonamides is 1. The molecule has 0 aliphatic heterocycles. The predicted octanol–water partition coefficient (Wildman–Crippen LogP) is 10.2. The van der Waals surface area contributed by atoms with E-state index in [0.29, 0.717) is 24.5 Å². The van der Waals surface area contributed by atoms with Gasteiger partial charge < -0.3 is 14.0 Å². The Labute approximate surface area is 303 Å². The molecule has 0 aliphatic rings. The molecule has 0 saturated carbocycles. The molecule has 0 unspecified atom stereocenters. The van der Waals surface area contributed by atoms with Gasteiger partial charge in [0.1, 0.15) is 17.2 Å². The normalized spacial score (nSPS) is 11.9. The van der Waals surface area contributed by atoms with Crippen molar-refractivity contribution in [3.63, 3.8) is 0 Å². The molecule has 0 spiro atoms. The van der Waals surface area contributed by atoms with Gasteiger partial charge in [-0.2, -0.15) is 0 Å². The third kappa shape index (κ3) is 9.79. The second-order valence-electron chi connectivity index (χ2n) is 14.1. The van der Waals surface area contributed by atoms with E-state index in [9.17, 15) is 13.2 Å². The highest BCUT2D eigenvalue weighted by Crippen LogP contribution is 2.33. The first-order valence-corrected chi connectivity index (χ1v) is 19.6. The Morgan fingerprint density at radius 2 is 1.53 bits per heavy atom. The number of imidazole rings is 1. The molecule has 0 saturated heterocycles. The standard InChI is InChI=1S/C42H51N3O5S/c1-7-9-16-26-45(51(47,48)30-33-17-12-11-13-18-33)35-27-31(3)40-37(28-35)44(39(43-40)21-10-8-2)29-32-22-24-34(25-23-32)36-19-14-15-20-38(36)49-41(46)50-42(4,5)6/h11-15,17-20,22-25,27-28H,7-10,16,21,26,29-30H2,1-6H3. The van der Waals surface area contributed by atoms with Gasteiger partial charge in [-0.3, -0.25) is 4.31 Å². The first-order chi connectivity index (χ1) is 24.4. The Balaban J connectivity index is 1.50. The van der Waals surface area contributed by atoms with Crippen molar-refractivity contribution in [3.8, 4) is 16.9 Å². The minimum absolute atomic E-state index is 0.0592. The van der Waals surface area contributed by atoms with E-state index in [-0.39, 0.29) is 5.75 Å². The average Bonchev–Trinajstić information content (AvgIpc) is 3.43. The Morgan fingerprint density at radius 1 is 0.843 bits per heavy atom. The molecule has 5 rings (SSSR count). The number of benzene rings is 4. The Kier molecular flexibility index (Phi) is 12.2. The summed E-state index contributed by atoms with van der Waals surface area (Å²) in [5.74, 6) is 1.35. The first-order valence-electron chi connectivity index (χ1n) is 18.0. The molecule has 8 nitrogen and oxygen atoms in total. The minimum Gasteiger partial charge on any atom is -0.428 e. The number of ether oxygens (including phenoxy) is 2. The van der Waals surface area contributed by atoms with Crippen LogP contribution in [0.1, 0.15) is 89.2 Å². The summed E-state index contributed by atoms with van der Waals surface area (Å²) in [4.78, 5) is 17.6. The molecule has 4 aromatic carbocycles. The van der Waals surface area contributed by atoms with Crippen LogP contribution < -0.4 is 9.04 Å². The second-order valence-corrected chi connectivity index (χ2v) is 16.0. The van der Waals surface area contributed by atoms with Gasteiger partial charge in [0, 0.05) is 25.1 Å². The van der Waals surface area contributed by atoms with Crippen LogP contribution >= 0.6 is 0 Å². The van der Waals surface area contributed by atoms with Crippen LogP contribution in [0.25, 0.3) is 22.2 Å². The van der Waals surface area contributed by atoms with E-state index in [1.54, 1.807) is 31.1 Å². The summed E-state index contributed by atoms with van der Waals surface area (Å²) < 4.78 is 42.9. The summed E-state index contributed by atoms with van der Waals surface area (Å²) in [5, 5.41) is 0. The molecule has 0 N–H and O–H groups in total. The molecule has 0 radical (unpaired) electrons. The van der Waals surface area contributed by atoms with Crippen molar-refractivity contribution < 1.29 is 22.7 Å². The molecular formula is C42H51N3O5S. The zero-order valence-electron chi connectivity index (χ0n) is 30.8. The van der Waals surface area contributed by atoms with Crippen LogP contribution in [-0.2, 0) is 33.5 Å². The lowest BCUT2D eigenvalue weighted by atomic mass is 10.0. The summed E-state index contributed by atoms with van der Waals surface area (Å²) >= 11 is 0. The van der Waals surface area contributed by atoms with Gasteiger partial charge in [-0.25, -0.2) is 18.2 Å². The van der Waals surface area contributed by atoms with Crippen molar-refractivity contribution in [3.05, 3.63) is 114 Å². The maximum Gasteiger partial charge on any atom is 0.514 e. The van der Waals surface area contributed by atoms with Crippen LogP contribution in [0.15, 0.2) is 91.0 Å². The Hall–Kier alpha value is -4.63. The van der Waals surface area contributed by atoms with Gasteiger partial charge in [0.05, 0.1) is 22.5 Å². The van der Waals surface area contributed by atoms with Gasteiger partial charge in [-0.1, -0.05) is 106 Å². The maximum atomic E-state index is 14.0. The summed E-state index contributed by atoms with van der Waals surface area (Å²) in [5.41, 5.74) is 6.31. The highest BCUT2D eigenvalue weighted by atomic mass is 32.2. The Bertz CT molecular complexity index is 2030. The molecule has 0 atom stereocenters. The zero-order chi connectivity index (χ0) is 36.6. The first kappa shape index (κ1) is 37.6. The van der Waals surface area contributed by atoms with Crippen LogP contribution in [-0.4, -0.2) is 36.3 Å². The fourth-order valence-electron chi connectivity index (χ4n) is 6.19. The van der Waals surface area contributed by atoms with Crippen molar-refractivity contribution in [2.24, 2.45) is 0 Å².